The summed E-state index contributed by atoms with van der Waals surface area (Å²) in [6, 6.07) is 3.53. The standard InChI is InChI=1S/C15H26N4O/c1-12(2)5-7-16-14-11-13(6-8-17-14)15(20)18-9-10-19(3)4/h6,8,11-12H,5,7,9-10H2,1-4H3,(H,16,17)(H,18,20). The topological polar surface area (TPSA) is 57.3 Å². The molecule has 0 aliphatic rings. The van der Waals surface area contributed by atoms with Crippen molar-refractivity contribution in [2.24, 2.45) is 5.92 Å². The smallest absolute Gasteiger partial charge is 0.251 e. The van der Waals surface area contributed by atoms with Gasteiger partial charge in [0.1, 0.15) is 5.82 Å². The molecule has 1 rings (SSSR count). The molecule has 112 valence electrons. The molecular formula is C15H26N4O. The fourth-order valence-corrected chi connectivity index (χ4v) is 1.65. The van der Waals surface area contributed by atoms with Crippen molar-refractivity contribution in [2.75, 3.05) is 39.0 Å². The fourth-order valence-electron chi connectivity index (χ4n) is 1.65. The number of nitrogens with one attached hydrogen (secondary N) is 2. The van der Waals surface area contributed by atoms with E-state index in [1.165, 1.54) is 0 Å². The van der Waals surface area contributed by atoms with Gasteiger partial charge in [-0.05, 0) is 38.6 Å². The van der Waals surface area contributed by atoms with E-state index in [-0.39, 0.29) is 5.91 Å². The molecule has 1 aromatic heterocycles. The van der Waals surface area contributed by atoms with Gasteiger partial charge in [-0.25, -0.2) is 4.98 Å². The number of aromatic nitrogens is 1. The van der Waals surface area contributed by atoms with Crippen LogP contribution in [0.1, 0.15) is 30.6 Å². The normalized spacial score (nSPS) is 10.9. The van der Waals surface area contributed by atoms with Crippen molar-refractivity contribution in [1.29, 1.82) is 0 Å². The lowest BCUT2D eigenvalue weighted by atomic mass is 10.1. The number of carbonyl (C=O) groups is 1. The molecule has 0 atom stereocenters. The zero-order valence-electron chi connectivity index (χ0n) is 12.9. The van der Waals surface area contributed by atoms with Crippen molar-refractivity contribution in [3.05, 3.63) is 23.9 Å². The highest BCUT2D eigenvalue weighted by Crippen LogP contribution is 2.08. The predicted octanol–water partition coefficient (Wildman–Crippen LogP) is 1.83. The molecular weight excluding hydrogens is 252 g/mol. The van der Waals surface area contributed by atoms with Crippen molar-refractivity contribution in [3.8, 4) is 0 Å². The van der Waals surface area contributed by atoms with Gasteiger partial charge in [-0.15, -0.1) is 0 Å². The summed E-state index contributed by atoms with van der Waals surface area (Å²) in [6.45, 7) is 6.71. The van der Waals surface area contributed by atoms with Crippen LogP contribution in [0.25, 0.3) is 0 Å². The van der Waals surface area contributed by atoms with Crippen LogP contribution in [0.3, 0.4) is 0 Å². The molecule has 5 nitrogen and oxygen atoms in total. The molecule has 0 unspecified atom stereocenters. The summed E-state index contributed by atoms with van der Waals surface area (Å²) in [5.41, 5.74) is 0.644. The lowest BCUT2D eigenvalue weighted by molar-refractivity contribution is 0.0951. The molecule has 1 amide bonds. The van der Waals surface area contributed by atoms with Crippen molar-refractivity contribution in [1.82, 2.24) is 15.2 Å². The molecule has 5 heteroatoms. The summed E-state index contributed by atoms with van der Waals surface area (Å²) in [5, 5.41) is 6.14. The third-order valence-electron chi connectivity index (χ3n) is 2.89. The van der Waals surface area contributed by atoms with Crippen LogP contribution in [0.4, 0.5) is 5.82 Å². The number of likely N-dealkylation sites (N-methyl/N-ethyl adjacent to an activating group) is 1. The summed E-state index contributed by atoms with van der Waals surface area (Å²) in [6.07, 6.45) is 2.75. The SMILES string of the molecule is CC(C)CCNc1cc(C(=O)NCCN(C)C)ccn1. The van der Waals surface area contributed by atoms with E-state index in [0.717, 1.165) is 25.3 Å². The molecule has 0 saturated carbocycles. The fraction of sp³-hybridized carbons (Fsp3) is 0.600. The molecule has 0 bridgehead atoms. The molecule has 1 heterocycles. The molecule has 0 radical (unpaired) electrons. The highest BCUT2D eigenvalue weighted by atomic mass is 16.1. The van der Waals surface area contributed by atoms with E-state index in [2.05, 4.69) is 29.5 Å². The van der Waals surface area contributed by atoms with Crippen molar-refractivity contribution in [3.63, 3.8) is 0 Å². The molecule has 0 fully saturated rings. The van der Waals surface area contributed by atoms with Crippen molar-refractivity contribution < 1.29 is 4.79 Å². The minimum atomic E-state index is -0.0545. The minimum Gasteiger partial charge on any atom is -0.370 e. The van der Waals surface area contributed by atoms with Crippen molar-refractivity contribution >= 4 is 11.7 Å². The monoisotopic (exact) mass is 278 g/mol. The van der Waals surface area contributed by atoms with Crippen LogP contribution < -0.4 is 10.6 Å². The van der Waals surface area contributed by atoms with Crippen LogP contribution in [0.5, 0.6) is 0 Å². The number of amides is 1. The number of nitrogens with zero attached hydrogens (tertiary/aromatic N) is 2. The van der Waals surface area contributed by atoms with Gasteiger partial charge in [-0.2, -0.15) is 0 Å². The van der Waals surface area contributed by atoms with E-state index < -0.39 is 0 Å². The van der Waals surface area contributed by atoms with Gasteiger partial charge in [0.25, 0.3) is 5.91 Å². The highest BCUT2D eigenvalue weighted by molar-refractivity contribution is 5.94. The molecule has 0 aliphatic heterocycles. The summed E-state index contributed by atoms with van der Waals surface area (Å²) in [4.78, 5) is 18.2. The number of carbonyl (C=O) groups excluding carboxylic acids is 1. The zero-order valence-corrected chi connectivity index (χ0v) is 12.9. The number of hydrogen-bond donors (Lipinski definition) is 2. The quantitative estimate of drug-likeness (QED) is 0.762. The Balaban J connectivity index is 2.47. The van der Waals surface area contributed by atoms with Gasteiger partial charge < -0.3 is 15.5 Å². The third kappa shape index (κ3) is 6.52. The summed E-state index contributed by atoms with van der Waals surface area (Å²) in [7, 11) is 3.96. The number of rotatable bonds is 8. The molecule has 0 aliphatic carbocycles. The number of anilines is 1. The van der Waals surface area contributed by atoms with Gasteiger partial charge in [-0.3, -0.25) is 4.79 Å². The molecule has 1 aromatic rings. The first-order chi connectivity index (χ1) is 9.49. The Bertz CT molecular complexity index is 418. The average molecular weight is 278 g/mol. The van der Waals surface area contributed by atoms with Gasteiger partial charge in [0, 0.05) is 31.4 Å². The first-order valence-electron chi connectivity index (χ1n) is 7.12. The Morgan fingerprint density at radius 1 is 1.35 bits per heavy atom. The highest BCUT2D eigenvalue weighted by Gasteiger charge is 2.06. The zero-order chi connectivity index (χ0) is 15.0. The first kappa shape index (κ1) is 16.4. The number of hydrogen-bond acceptors (Lipinski definition) is 4. The van der Waals surface area contributed by atoms with Crippen LogP contribution in [-0.4, -0.2) is 49.5 Å². The van der Waals surface area contributed by atoms with Crippen LogP contribution >= 0.6 is 0 Å². The maximum Gasteiger partial charge on any atom is 0.251 e. The Morgan fingerprint density at radius 2 is 2.10 bits per heavy atom. The Kier molecular flexibility index (Phi) is 7.01. The van der Waals surface area contributed by atoms with E-state index in [1.807, 2.05) is 19.0 Å². The van der Waals surface area contributed by atoms with E-state index in [1.54, 1.807) is 18.3 Å². The largest absolute Gasteiger partial charge is 0.370 e. The van der Waals surface area contributed by atoms with Crippen LogP contribution in [0, 0.1) is 5.92 Å². The lowest BCUT2D eigenvalue weighted by Crippen LogP contribution is -2.31. The third-order valence-corrected chi connectivity index (χ3v) is 2.89. The van der Waals surface area contributed by atoms with Crippen LogP contribution in [0.2, 0.25) is 0 Å². The van der Waals surface area contributed by atoms with Gasteiger partial charge in [0.2, 0.25) is 0 Å². The number of pyridine rings is 1. The maximum absolute atomic E-state index is 12.0. The van der Waals surface area contributed by atoms with Gasteiger partial charge in [-0.1, -0.05) is 13.8 Å². The van der Waals surface area contributed by atoms with Gasteiger partial charge in [0.05, 0.1) is 0 Å². The Hall–Kier alpha value is -1.62. The van der Waals surface area contributed by atoms with E-state index in [4.69, 9.17) is 0 Å². The van der Waals surface area contributed by atoms with Crippen molar-refractivity contribution in [2.45, 2.75) is 20.3 Å². The van der Waals surface area contributed by atoms with Gasteiger partial charge >= 0.3 is 0 Å². The van der Waals surface area contributed by atoms with E-state index in [9.17, 15) is 4.79 Å². The predicted molar refractivity (Wildman–Crippen MR) is 83.1 cm³/mol. The van der Waals surface area contributed by atoms with Gasteiger partial charge in [0.15, 0.2) is 0 Å². The lowest BCUT2D eigenvalue weighted by Gasteiger charge is -2.11. The summed E-state index contributed by atoms with van der Waals surface area (Å²) >= 11 is 0. The maximum atomic E-state index is 12.0. The Labute approximate surface area is 121 Å². The average Bonchev–Trinajstić information content (AvgIpc) is 2.38. The molecule has 0 aromatic carbocycles. The first-order valence-corrected chi connectivity index (χ1v) is 7.12. The van der Waals surface area contributed by atoms with Crippen LogP contribution in [0.15, 0.2) is 18.3 Å². The molecule has 0 spiro atoms. The molecule has 20 heavy (non-hydrogen) atoms. The Morgan fingerprint density at radius 3 is 2.75 bits per heavy atom. The minimum absolute atomic E-state index is 0.0545. The summed E-state index contributed by atoms with van der Waals surface area (Å²) in [5.74, 6) is 1.35. The molecule has 0 saturated heterocycles. The second kappa shape index (κ2) is 8.53. The van der Waals surface area contributed by atoms with Crippen LogP contribution in [-0.2, 0) is 0 Å². The summed E-state index contributed by atoms with van der Waals surface area (Å²) < 4.78 is 0. The van der Waals surface area contributed by atoms with E-state index >= 15 is 0 Å². The second-order valence-electron chi connectivity index (χ2n) is 5.60. The second-order valence-corrected chi connectivity index (χ2v) is 5.60. The molecule has 2 N–H and O–H groups in total. The van der Waals surface area contributed by atoms with E-state index in [0.29, 0.717) is 18.0 Å².